The lowest BCUT2D eigenvalue weighted by atomic mass is 10.1. The van der Waals surface area contributed by atoms with Gasteiger partial charge in [-0.25, -0.2) is 0 Å². The summed E-state index contributed by atoms with van der Waals surface area (Å²) in [5, 5.41) is 17.9. The lowest BCUT2D eigenvalue weighted by molar-refractivity contribution is -0.140. The Kier molecular flexibility index (Phi) is 2.85. The fourth-order valence-corrected chi connectivity index (χ4v) is 2.37. The van der Waals surface area contributed by atoms with Gasteiger partial charge >= 0.3 is 11.9 Å². The van der Waals surface area contributed by atoms with Gasteiger partial charge in [0.2, 0.25) is 0 Å². The molecule has 0 spiro atoms. The van der Waals surface area contributed by atoms with Gasteiger partial charge < -0.3 is 15.9 Å². The van der Waals surface area contributed by atoms with Gasteiger partial charge in [-0.15, -0.1) is 0 Å². The van der Waals surface area contributed by atoms with E-state index in [2.05, 4.69) is 0 Å². The van der Waals surface area contributed by atoms with E-state index in [0.29, 0.717) is 0 Å². The summed E-state index contributed by atoms with van der Waals surface area (Å²) in [6, 6.07) is 7.91. The van der Waals surface area contributed by atoms with Gasteiger partial charge in [-0.1, -0.05) is 30.3 Å². The molecule has 0 bridgehead atoms. The first kappa shape index (κ1) is 11.6. The van der Waals surface area contributed by atoms with Crippen LogP contribution in [-0.4, -0.2) is 28.2 Å². The largest absolute Gasteiger partial charge is 0.481 e. The van der Waals surface area contributed by atoms with Gasteiger partial charge in [0.15, 0.2) is 0 Å². The van der Waals surface area contributed by atoms with E-state index in [9.17, 15) is 9.59 Å². The molecule has 1 fully saturated rings. The summed E-state index contributed by atoms with van der Waals surface area (Å²) in [7, 11) is 0. The van der Waals surface area contributed by atoms with Crippen LogP contribution in [-0.2, 0) is 9.59 Å². The monoisotopic (exact) mass is 235 g/mol. The molecule has 5 heteroatoms. The summed E-state index contributed by atoms with van der Waals surface area (Å²) in [5.74, 6) is -3.64. The predicted octanol–water partition coefficient (Wildman–Crippen LogP) is 0.513. The first-order chi connectivity index (χ1) is 8.04. The lowest BCUT2D eigenvalue weighted by Gasteiger charge is -2.04. The molecule has 5 nitrogen and oxygen atoms in total. The molecule has 4 N–H and O–H groups in total. The number of hydrogen-bond donors (Lipinski definition) is 3. The zero-order chi connectivity index (χ0) is 12.6. The van der Waals surface area contributed by atoms with E-state index in [1.54, 1.807) is 24.3 Å². The highest BCUT2D eigenvalue weighted by Crippen LogP contribution is 2.55. The summed E-state index contributed by atoms with van der Waals surface area (Å²) < 4.78 is 0. The van der Waals surface area contributed by atoms with Gasteiger partial charge in [-0.05, 0) is 5.56 Å². The highest BCUT2D eigenvalue weighted by molar-refractivity contribution is 5.81. The predicted molar refractivity (Wildman–Crippen MR) is 59.4 cm³/mol. The first-order valence-corrected chi connectivity index (χ1v) is 5.30. The van der Waals surface area contributed by atoms with Crippen LogP contribution in [0.1, 0.15) is 11.5 Å². The van der Waals surface area contributed by atoms with Gasteiger partial charge in [0.1, 0.15) is 6.04 Å². The molecule has 0 saturated heterocycles. The van der Waals surface area contributed by atoms with Gasteiger partial charge in [-0.2, -0.15) is 0 Å². The van der Waals surface area contributed by atoms with Crippen LogP contribution in [0.25, 0.3) is 0 Å². The Labute approximate surface area is 97.9 Å². The van der Waals surface area contributed by atoms with Crippen LogP contribution in [0, 0.1) is 11.8 Å². The van der Waals surface area contributed by atoms with Crippen LogP contribution < -0.4 is 5.73 Å². The van der Waals surface area contributed by atoms with Crippen LogP contribution in [0.3, 0.4) is 0 Å². The Morgan fingerprint density at radius 2 is 1.76 bits per heavy atom. The van der Waals surface area contributed by atoms with Gasteiger partial charge in [0, 0.05) is 11.8 Å². The molecule has 1 aliphatic rings. The lowest BCUT2D eigenvalue weighted by Crippen LogP contribution is -2.33. The fraction of sp³-hybridized carbons (Fsp3) is 0.333. The maximum absolute atomic E-state index is 11.0. The van der Waals surface area contributed by atoms with E-state index in [1.807, 2.05) is 6.07 Å². The summed E-state index contributed by atoms with van der Waals surface area (Å²) in [6.07, 6.45) is 0. The molecular weight excluding hydrogens is 222 g/mol. The number of rotatable bonds is 4. The number of carbonyl (C=O) groups is 2. The minimum Gasteiger partial charge on any atom is -0.481 e. The third-order valence-corrected chi connectivity index (χ3v) is 3.24. The van der Waals surface area contributed by atoms with Crippen LogP contribution in [0.5, 0.6) is 0 Å². The van der Waals surface area contributed by atoms with E-state index in [-0.39, 0.29) is 5.92 Å². The summed E-state index contributed by atoms with van der Waals surface area (Å²) >= 11 is 0. The second-order valence-electron chi connectivity index (χ2n) is 4.24. The zero-order valence-corrected chi connectivity index (χ0v) is 8.98. The summed E-state index contributed by atoms with van der Waals surface area (Å²) in [4.78, 5) is 21.8. The smallest absolute Gasteiger partial charge is 0.320 e. The Morgan fingerprint density at radius 1 is 1.18 bits per heavy atom. The molecule has 2 rings (SSSR count). The third-order valence-electron chi connectivity index (χ3n) is 3.24. The second-order valence-corrected chi connectivity index (χ2v) is 4.24. The summed E-state index contributed by atoms with van der Waals surface area (Å²) in [6.45, 7) is 0. The molecule has 17 heavy (non-hydrogen) atoms. The summed E-state index contributed by atoms with van der Waals surface area (Å²) in [5.41, 5.74) is 6.35. The Hall–Kier alpha value is -1.88. The molecule has 90 valence electrons. The van der Waals surface area contributed by atoms with Gasteiger partial charge in [0.25, 0.3) is 0 Å². The van der Waals surface area contributed by atoms with Crippen molar-refractivity contribution in [3.8, 4) is 0 Å². The average Bonchev–Trinajstić information content (AvgIpc) is 3.04. The average molecular weight is 235 g/mol. The highest BCUT2D eigenvalue weighted by atomic mass is 16.4. The number of aliphatic carboxylic acids is 2. The van der Waals surface area contributed by atoms with Crippen molar-refractivity contribution in [3.05, 3.63) is 35.9 Å². The minimum absolute atomic E-state index is 0.292. The first-order valence-electron chi connectivity index (χ1n) is 5.30. The van der Waals surface area contributed by atoms with Crippen molar-refractivity contribution in [1.29, 1.82) is 0 Å². The second kappa shape index (κ2) is 4.18. The maximum atomic E-state index is 11.0. The molecule has 0 aromatic heterocycles. The molecule has 1 aromatic rings. The maximum Gasteiger partial charge on any atom is 0.320 e. The SMILES string of the molecule is N[C@@H](C(=O)O)[C@H]1[C@@H](C(=O)O)[C@H]1c1ccccc1. The van der Waals surface area contributed by atoms with Crippen molar-refractivity contribution in [2.24, 2.45) is 17.6 Å². The normalized spacial score (nSPS) is 28.4. The van der Waals surface area contributed by atoms with Crippen LogP contribution in [0.15, 0.2) is 30.3 Å². The molecule has 0 heterocycles. The van der Waals surface area contributed by atoms with Crippen LogP contribution in [0.4, 0.5) is 0 Å². The molecule has 0 aliphatic heterocycles. The van der Waals surface area contributed by atoms with E-state index in [0.717, 1.165) is 5.56 Å². The molecule has 1 saturated carbocycles. The van der Waals surface area contributed by atoms with E-state index >= 15 is 0 Å². The van der Waals surface area contributed by atoms with Crippen molar-refractivity contribution in [2.75, 3.05) is 0 Å². The van der Waals surface area contributed by atoms with Crippen molar-refractivity contribution < 1.29 is 19.8 Å². The Morgan fingerprint density at radius 3 is 2.24 bits per heavy atom. The van der Waals surface area contributed by atoms with E-state index in [1.165, 1.54) is 0 Å². The van der Waals surface area contributed by atoms with Crippen molar-refractivity contribution in [2.45, 2.75) is 12.0 Å². The third kappa shape index (κ3) is 2.01. The molecule has 4 atom stereocenters. The molecular formula is C12H13NO4. The van der Waals surface area contributed by atoms with Gasteiger partial charge in [0.05, 0.1) is 5.92 Å². The zero-order valence-electron chi connectivity index (χ0n) is 8.98. The van der Waals surface area contributed by atoms with Gasteiger partial charge in [-0.3, -0.25) is 9.59 Å². The van der Waals surface area contributed by atoms with Crippen LogP contribution >= 0.6 is 0 Å². The molecule has 0 amide bonds. The number of hydrogen-bond acceptors (Lipinski definition) is 3. The minimum atomic E-state index is -1.15. The van der Waals surface area contributed by atoms with Crippen molar-refractivity contribution in [3.63, 3.8) is 0 Å². The standard InChI is InChI=1S/C12H13NO4/c13-10(12(16)17)8-7(9(8)11(14)15)6-4-2-1-3-5-6/h1-5,7-10H,13H2,(H,14,15)(H,16,17)/t7-,8+,9-,10+/m0/s1. The molecule has 1 aliphatic carbocycles. The van der Waals surface area contributed by atoms with Crippen LogP contribution in [0.2, 0.25) is 0 Å². The fourth-order valence-electron chi connectivity index (χ4n) is 2.37. The number of benzene rings is 1. The highest BCUT2D eigenvalue weighted by Gasteiger charge is 2.59. The number of carboxylic acid groups (broad SMARTS) is 2. The van der Waals surface area contributed by atoms with E-state index < -0.39 is 29.8 Å². The van der Waals surface area contributed by atoms with Crippen molar-refractivity contribution in [1.82, 2.24) is 0 Å². The Balaban J connectivity index is 2.23. The topological polar surface area (TPSA) is 101 Å². The molecule has 0 radical (unpaired) electrons. The quantitative estimate of drug-likeness (QED) is 0.706. The number of nitrogens with two attached hydrogens (primary N) is 1. The Bertz CT molecular complexity index is 445. The van der Waals surface area contributed by atoms with E-state index in [4.69, 9.17) is 15.9 Å². The van der Waals surface area contributed by atoms with Crippen molar-refractivity contribution >= 4 is 11.9 Å². The number of carboxylic acids is 2. The molecule has 0 unspecified atom stereocenters. The molecule has 1 aromatic carbocycles.